The van der Waals surface area contributed by atoms with Gasteiger partial charge in [-0.3, -0.25) is 14.5 Å². The molecule has 1 aliphatic heterocycles. The maximum atomic E-state index is 13.7. The number of anilines is 1. The highest BCUT2D eigenvalue weighted by Crippen LogP contribution is 2.35. The predicted octanol–water partition coefficient (Wildman–Crippen LogP) is 3.46. The molecule has 0 spiro atoms. The molecule has 2 amide bonds. The van der Waals surface area contributed by atoms with Gasteiger partial charge in [-0.2, -0.15) is 0 Å². The lowest BCUT2D eigenvalue weighted by Gasteiger charge is -2.15. The van der Waals surface area contributed by atoms with Crippen LogP contribution in [0.5, 0.6) is 11.5 Å². The Hall–Kier alpha value is -3.39. The zero-order valence-corrected chi connectivity index (χ0v) is 17.7. The number of halogens is 1. The fourth-order valence-corrected chi connectivity index (χ4v) is 3.33. The van der Waals surface area contributed by atoms with Crippen LogP contribution < -0.4 is 14.8 Å². The molecule has 0 aromatic heterocycles. The van der Waals surface area contributed by atoms with Gasteiger partial charge in [0.25, 0.3) is 11.8 Å². The molecule has 2 aromatic rings. The van der Waals surface area contributed by atoms with Crippen LogP contribution in [0.4, 0.5) is 10.1 Å². The number of carbonyl (C=O) groups is 2. The zero-order valence-electron chi connectivity index (χ0n) is 17.7. The monoisotopic (exact) mass is 428 g/mol. The van der Waals surface area contributed by atoms with Gasteiger partial charge < -0.3 is 19.5 Å². The summed E-state index contributed by atoms with van der Waals surface area (Å²) in [6.45, 7) is 3.09. The molecule has 0 saturated heterocycles. The van der Waals surface area contributed by atoms with E-state index < -0.39 is 17.6 Å². The minimum atomic E-state index is -0.476. The molecular weight excluding hydrogens is 403 g/mol. The van der Waals surface area contributed by atoms with Gasteiger partial charge >= 0.3 is 0 Å². The highest BCUT2D eigenvalue weighted by Gasteiger charge is 2.39. The second-order valence-corrected chi connectivity index (χ2v) is 6.77. The van der Waals surface area contributed by atoms with Gasteiger partial charge in [0.1, 0.15) is 11.5 Å². The molecule has 1 aliphatic rings. The van der Waals surface area contributed by atoms with Gasteiger partial charge in [-0.1, -0.05) is 12.1 Å². The topological polar surface area (TPSA) is 77.1 Å². The van der Waals surface area contributed by atoms with Crippen LogP contribution in [0.1, 0.15) is 18.9 Å². The van der Waals surface area contributed by atoms with E-state index in [1.807, 2.05) is 6.92 Å². The summed E-state index contributed by atoms with van der Waals surface area (Å²) in [5, 5.41) is 2.93. The number of methoxy groups -OCH3 is 2. The van der Waals surface area contributed by atoms with Crippen LogP contribution in [0, 0.1) is 5.82 Å². The Morgan fingerprint density at radius 1 is 1.00 bits per heavy atom. The first kappa shape index (κ1) is 22.3. The summed E-state index contributed by atoms with van der Waals surface area (Å²) in [5.74, 6) is -0.448. The molecule has 1 N–H and O–H groups in total. The first-order valence-corrected chi connectivity index (χ1v) is 9.93. The fraction of sp³-hybridized carbons (Fsp3) is 0.304. The van der Waals surface area contributed by atoms with E-state index in [4.69, 9.17) is 14.2 Å². The first-order valence-electron chi connectivity index (χ1n) is 9.93. The van der Waals surface area contributed by atoms with Crippen molar-refractivity contribution in [3.05, 3.63) is 59.5 Å². The number of imide groups is 1. The summed E-state index contributed by atoms with van der Waals surface area (Å²) in [4.78, 5) is 27.5. The molecule has 0 atom stereocenters. The van der Waals surface area contributed by atoms with Gasteiger partial charge in [-0.05, 0) is 49.2 Å². The number of hydrogen-bond donors (Lipinski definition) is 1. The third kappa shape index (κ3) is 4.86. The molecule has 7 nitrogen and oxygen atoms in total. The summed E-state index contributed by atoms with van der Waals surface area (Å²) >= 11 is 0. The lowest BCUT2D eigenvalue weighted by atomic mass is 10.0. The normalized spacial score (nSPS) is 13.7. The van der Waals surface area contributed by atoms with Gasteiger partial charge in [0, 0.05) is 25.4 Å². The molecule has 8 heteroatoms. The molecule has 164 valence electrons. The van der Waals surface area contributed by atoms with E-state index in [1.54, 1.807) is 24.3 Å². The molecule has 0 aliphatic carbocycles. The standard InChI is InChI=1S/C23H25FN2O5/c1-4-31-12-6-11-26-22(27)20(15-9-10-18(29-2)19(13-15)30-3)21(23(26)28)25-17-8-5-7-16(24)14-17/h5,7-10,13-14,25H,4,6,11-12H2,1-3H3. The molecule has 0 fully saturated rings. The average molecular weight is 428 g/mol. The highest BCUT2D eigenvalue weighted by molar-refractivity contribution is 6.36. The maximum Gasteiger partial charge on any atom is 0.278 e. The Labute approximate surface area is 180 Å². The Kier molecular flexibility index (Phi) is 7.25. The van der Waals surface area contributed by atoms with Gasteiger partial charge in [0.15, 0.2) is 11.5 Å². The molecular formula is C23H25FN2O5. The van der Waals surface area contributed by atoms with E-state index in [0.29, 0.717) is 42.4 Å². The van der Waals surface area contributed by atoms with Gasteiger partial charge in [-0.25, -0.2) is 4.39 Å². The Morgan fingerprint density at radius 3 is 2.45 bits per heavy atom. The molecule has 0 bridgehead atoms. The van der Waals surface area contributed by atoms with Gasteiger partial charge in [0.2, 0.25) is 0 Å². The van der Waals surface area contributed by atoms with E-state index in [0.717, 1.165) is 0 Å². The van der Waals surface area contributed by atoms with Crippen molar-refractivity contribution in [1.82, 2.24) is 4.90 Å². The molecule has 1 heterocycles. The lowest BCUT2D eigenvalue weighted by Crippen LogP contribution is -2.34. The number of ether oxygens (including phenoxy) is 3. The summed E-state index contributed by atoms with van der Waals surface area (Å²) < 4.78 is 29.6. The number of hydrogen-bond acceptors (Lipinski definition) is 6. The quantitative estimate of drug-likeness (QED) is 0.461. The minimum Gasteiger partial charge on any atom is -0.493 e. The Balaban J connectivity index is 2.00. The van der Waals surface area contributed by atoms with Crippen LogP contribution in [0.15, 0.2) is 48.2 Å². The summed E-state index contributed by atoms with van der Waals surface area (Å²) in [6, 6.07) is 10.7. The summed E-state index contributed by atoms with van der Waals surface area (Å²) in [7, 11) is 3.00. The Morgan fingerprint density at radius 2 is 1.77 bits per heavy atom. The second-order valence-electron chi connectivity index (χ2n) is 6.77. The number of nitrogens with zero attached hydrogens (tertiary/aromatic N) is 1. The largest absolute Gasteiger partial charge is 0.493 e. The minimum absolute atomic E-state index is 0.0826. The molecule has 3 rings (SSSR count). The van der Waals surface area contributed by atoms with E-state index >= 15 is 0 Å². The summed E-state index contributed by atoms with van der Waals surface area (Å²) in [5.41, 5.74) is 1.12. The number of benzene rings is 2. The lowest BCUT2D eigenvalue weighted by molar-refractivity contribution is -0.137. The first-order chi connectivity index (χ1) is 15.0. The van der Waals surface area contributed by atoms with E-state index in [2.05, 4.69) is 5.32 Å². The van der Waals surface area contributed by atoms with Crippen molar-refractivity contribution in [1.29, 1.82) is 0 Å². The SMILES string of the molecule is CCOCCCN1C(=O)C(Nc2cccc(F)c2)=C(c2ccc(OC)c(OC)c2)C1=O. The molecule has 2 aromatic carbocycles. The van der Waals surface area contributed by atoms with Gasteiger partial charge in [-0.15, -0.1) is 0 Å². The molecule has 0 saturated carbocycles. The molecule has 0 unspecified atom stereocenters. The second kappa shape index (κ2) is 10.1. The van der Waals surface area contributed by atoms with Crippen molar-refractivity contribution >= 4 is 23.1 Å². The third-order valence-electron chi connectivity index (χ3n) is 4.81. The van der Waals surface area contributed by atoms with Crippen molar-refractivity contribution < 1.29 is 28.2 Å². The summed E-state index contributed by atoms with van der Waals surface area (Å²) in [6.07, 6.45) is 0.512. The number of nitrogens with one attached hydrogen (secondary N) is 1. The van der Waals surface area contributed by atoms with Crippen molar-refractivity contribution in [2.24, 2.45) is 0 Å². The smallest absolute Gasteiger partial charge is 0.278 e. The van der Waals surface area contributed by atoms with E-state index in [9.17, 15) is 14.0 Å². The predicted molar refractivity (Wildman–Crippen MR) is 114 cm³/mol. The molecule has 31 heavy (non-hydrogen) atoms. The average Bonchev–Trinajstić information content (AvgIpc) is 3.00. The fourth-order valence-electron chi connectivity index (χ4n) is 3.33. The number of carbonyl (C=O) groups excluding carboxylic acids is 2. The van der Waals surface area contributed by atoms with Crippen molar-refractivity contribution in [3.8, 4) is 11.5 Å². The maximum absolute atomic E-state index is 13.7. The zero-order chi connectivity index (χ0) is 22.4. The third-order valence-corrected chi connectivity index (χ3v) is 4.81. The number of amides is 2. The van der Waals surface area contributed by atoms with Crippen molar-refractivity contribution in [2.45, 2.75) is 13.3 Å². The van der Waals surface area contributed by atoms with Crippen LogP contribution in [0.25, 0.3) is 5.57 Å². The van der Waals surface area contributed by atoms with E-state index in [1.165, 1.54) is 37.3 Å². The van der Waals surface area contributed by atoms with Crippen LogP contribution in [-0.2, 0) is 14.3 Å². The van der Waals surface area contributed by atoms with Crippen molar-refractivity contribution in [2.75, 3.05) is 39.3 Å². The number of rotatable bonds is 10. The van der Waals surface area contributed by atoms with Crippen LogP contribution in [0.3, 0.4) is 0 Å². The Bertz CT molecular complexity index is 1010. The molecule has 0 radical (unpaired) electrons. The van der Waals surface area contributed by atoms with Crippen LogP contribution in [-0.4, -0.2) is 50.7 Å². The highest BCUT2D eigenvalue weighted by atomic mass is 19.1. The van der Waals surface area contributed by atoms with E-state index in [-0.39, 0.29) is 17.8 Å². The van der Waals surface area contributed by atoms with Crippen LogP contribution >= 0.6 is 0 Å². The van der Waals surface area contributed by atoms with Crippen molar-refractivity contribution in [3.63, 3.8) is 0 Å². The van der Waals surface area contributed by atoms with Crippen LogP contribution in [0.2, 0.25) is 0 Å². The van der Waals surface area contributed by atoms with Gasteiger partial charge in [0.05, 0.1) is 19.8 Å².